The predicted molar refractivity (Wildman–Crippen MR) is 52.2 cm³/mol. The standard InChI is InChI=1S/C8H11N3S/c1-4-5-6(2)7-9-10-8(12)11(7)3/h4-5H,1H2,2-3H3,(H,10,12)/b6-5+. The molecule has 1 aromatic rings. The van der Waals surface area contributed by atoms with E-state index in [1.165, 1.54) is 0 Å². The molecule has 0 spiro atoms. The minimum Gasteiger partial charge on any atom is -0.304 e. The summed E-state index contributed by atoms with van der Waals surface area (Å²) < 4.78 is 2.45. The van der Waals surface area contributed by atoms with Gasteiger partial charge in [-0.25, -0.2) is 0 Å². The Balaban J connectivity index is 3.20. The third-order valence-electron chi connectivity index (χ3n) is 1.60. The first kappa shape index (κ1) is 8.93. The average Bonchev–Trinajstić information content (AvgIpc) is 2.34. The van der Waals surface area contributed by atoms with Crippen LogP contribution in [-0.4, -0.2) is 14.8 Å². The Bertz CT molecular complexity index is 370. The predicted octanol–water partition coefficient (Wildman–Crippen LogP) is 2.07. The van der Waals surface area contributed by atoms with E-state index < -0.39 is 0 Å². The lowest BCUT2D eigenvalue weighted by atomic mass is 10.2. The highest BCUT2D eigenvalue weighted by Crippen LogP contribution is 2.09. The van der Waals surface area contributed by atoms with E-state index in [-0.39, 0.29) is 0 Å². The summed E-state index contributed by atoms with van der Waals surface area (Å²) in [5, 5.41) is 6.78. The Morgan fingerprint density at radius 2 is 2.42 bits per heavy atom. The van der Waals surface area contributed by atoms with E-state index in [1.807, 2.05) is 24.6 Å². The first-order chi connectivity index (χ1) is 5.66. The molecule has 1 heterocycles. The SMILES string of the molecule is C=C/C=C(\C)c1n[nH]c(=S)n1C. The van der Waals surface area contributed by atoms with Crippen LogP contribution in [0.15, 0.2) is 18.7 Å². The number of hydrogen-bond acceptors (Lipinski definition) is 2. The maximum atomic E-state index is 4.97. The number of nitrogens with one attached hydrogen (secondary N) is 1. The van der Waals surface area contributed by atoms with E-state index in [0.717, 1.165) is 11.4 Å². The molecule has 64 valence electrons. The second-order valence-corrected chi connectivity index (χ2v) is 2.88. The number of aromatic nitrogens is 3. The van der Waals surface area contributed by atoms with Gasteiger partial charge in [0.15, 0.2) is 10.6 Å². The van der Waals surface area contributed by atoms with Crippen molar-refractivity contribution in [1.29, 1.82) is 0 Å². The fourth-order valence-electron chi connectivity index (χ4n) is 0.951. The Morgan fingerprint density at radius 3 is 2.83 bits per heavy atom. The molecule has 0 unspecified atom stereocenters. The van der Waals surface area contributed by atoms with Gasteiger partial charge in [-0.05, 0) is 24.7 Å². The van der Waals surface area contributed by atoms with Crippen molar-refractivity contribution in [2.75, 3.05) is 0 Å². The van der Waals surface area contributed by atoms with Crippen LogP contribution in [0.1, 0.15) is 12.7 Å². The summed E-state index contributed by atoms with van der Waals surface area (Å²) >= 11 is 4.97. The summed E-state index contributed by atoms with van der Waals surface area (Å²) in [5.74, 6) is 0.847. The van der Waals surface area contributed by atoms with Gasteiger partial charge in [0.1, 0.15) is 0 Å². The lowest BCUT2D eigenvalue weighted by Gasteiger charge is -1.97. The highest BCUT2D eigenvalue weighted by Gasteiger charge is 2.01. The first-order valence-electron chi connectivity index (χ1n) is 3.58. The molecule has 4 heteroatoms. The molecular weight excluding hydrogens is 170 g/mol. The molecule has 0 bridgehead atoms. The molecular formula is C8H11N3S. The number of aromatic amines is 1. The number of rotatable bonds is 2. The van der Waals surface area contributed by atoms with Gasteiger partial charge in [0, 0.05) is 7.05 Å². The molecule has 0 aliphatic heterocycles. The van der Waals surface area contributed by atoms with Crippen molar-refractivity contribution < 1.29 is 0 Å². The van der Waals surface area contributed by atoms with Crippen LogP contribution in [0.3, 0.4) is 0 Å². The van der Waals surface area contributed by atoms with Crippen LogP contribution in [0.2, 0.25) is 0 Å². The smallest absolute Gasteiger partial charge is 0.195 e. The van der Waals surface area contributed by atoms with E-state index >= 15 is 0 Å². The van der Waals surface area contributed by atoms with Gasteiger partial charge in [0.05, 0.1) is 0 Å². The van der Waals surface area contributed by atoms with E-state index in [1.54, 1.807) is 6.08 Å². The lowest BCUT2D eigenvalue weighted by Crippen LogP contribution is -1.94. The molecule has 1 aromatic heterocycles. The lowest BCUT2D eigenvalue weighted by molar-refractivity contribution is 0.874. The molecule has 0 aliphatic carbocycles. The number of H-pyrrole nitrogens is 1. The van der Waals surface area contributed by atoms with E-state index in [2.05, 4.69) is 16.8 Å². The second-order valence-electron chi connectivity index (χ2n) is 2.50. The van der Waals surface area contributed by atoms with Crippen LogP contribution in [0.4, 0.5) is 0 Å². The first-order valence-corrected chi connectivity index (χ1v) is 3.98. The van der Waals surface area contributed by atoms with Crippen molar-refractivity contribution in [3.63, 3.8) is 0 Å². The molecule has 0 atom stereocenters. The van der Waals surface area contributed by atoms with Crippen LogP contribution in [0.25, 0.3) is 5.57 Å². The third kappa shape index (κ3) is 1.53. The van der Waals surface area contributed by atoms with Crippen molar-refractivity contribution >= 4 is 17.8 Å². The maximum Gasteiger partial charge on any atom is 0.195 e. The largest absolute Gasteiger partial charge is 0.304 e. The van der Waals surface area contributed by atoms with Crippen LogP contribution in [0, 0.1) is 4.77 Å². The highest BCUT2D eigenvalue weighted by atomic mass is 32.1. The zero-order valence-corrected chi connectivity index (χ0v) is 7.98. The highest BCUT2D eigenvalue weighted by molar-refractivity contribution is 7.71. The quantitative estimate of drug-likeness (QED) is 0.559. The normalized spacial score (nSPS) is 11.7. The fourth-order valence-corrected chi connectivity index (χ4v) is 1.08. The van der Waals surface area contributed by atoms with Gasteiger partial charge < -0.3 is 4.57 Å². The minimum atomic E-state index is 0.627. The molecule has 1 rings (SSSR count). The summed E-state index contributed by atoms with van der Waals surface area (Å²) in [4.78, 5) is 0. The van der Waals surface area contributed by atoms with Gasteiger partial charge >= 0.3 is 0 Å². The Hall–Kier alpha value is -1.16. The summed E-state index contributed by atoms with van der Waals surface area (Å²) in [6, 6.07) is 0. The zero-order chi connectivity index (χ0) is 9.14. The van der Waals surface area contributed by atoms with Gasteiger partial charge in [-0.1, -0.05) is 18.7 Å². The van der Waals surface area contributed by atoms with Gasteiger partial charge in [-0.3, -0.25) is 5.10 Å². The molecule has 3 nitrogen and oxygen atoms in total. The molecule has 0 aromatic carbocycles. The average molecular weight is 181 g/mol. The van der Waals surface area contributed by atoms with Crippen LogP contribution >= 0.6 is 12.2 Å². The summed E-state index contributed by atoms with van der Waals surface area (Å²) in [7, 11) is 1.88. The van der Waals surface area contributed by atoms with Crippen LogP contribution in [0.5, 0.6) is 0 Å². The van der Waals surface area contributed by atoms with Crippen molar-refractivity contribution in [2.24, 2.45) is 7.05 Å². The van der Waals surface area contributed by atoms with Crippen molar-refractivity contribution in [1.82, 2.24) is 14.8 Å². The van der Waals surface area contributed by atoms with Crippen LogP contribution < -0.4 is 0 Å². The molecule has 0 aliphatic rings. The van der Waals surface area contributed by atoms with Gasteiger partial charge in [-0.2, -0.15) is 5.10 Å². The topological polar surface area (TPSA) is 33.6 Å². The van der Waals surface area contributed by atoms with Crippen molar-refractivity contribution in [3.8, 4) is 0 Å². The zero-order valence-electron chi connectivity index (χ0n) is 7.16. The van der Waals surface area contributed by atoms with Crippen molar-refractivity contribution in [3.05, 3.63) is 29.3 Å². The molecule has 1 N–H and O–H groups in total. The van der Waals surface area contributed by atoms with E-state index in [4.69, 9.17) is 12.2 Å². The Labute approximate surface area is 76.4 Å². The Morgan fingerprint density at radius 1 is 1.75 bits per heavy atom. The molecule has 0 radical (unpaired) electrons. The van der Waals surface area contributed by atoms with E-state index in [0.29, 0.717) is 4.77 Å². The van der Waals surface area contributed by atoms with Crippen LogP contribution in [-0.2, 0) is 7.05 Å². The Kier molecular flexibility index (Phi) is 2.60. The third-order valence-corrected chi connectivity index (χ3v) is 1.97. The van der Waals surface area contributed by atoms with Gasteiger partial charge in [0.25, 0.3) is 0 Å². The number of allylic oxidation sites excluding steroid dienone is 3. The van der Waals surface area contributed by atoms with E-state index in [9.17, 15) is 0 Å². The summed E-state index contributed by atoms with van der Waals surface area (Å²) in [6.07, 6.45) is 3.62. The fraction of sp³-hybridized carbons (Fsp3) is 0.250. The molecule has 0 fully saturated rings. The molecule has 0 amide bonds. The molecule has 0 saturated heterocycles. The molecule has 0 saturated carbocycles. The molecule has 12 heavy (non-hydrogen) atoms. The number of hydrogen-bond donors (Lipinski definition) is 1. The second kappa shape index (κ2) is 3.49. The minimum absolute atomic E-state index is 0.627. The summed E-state index contributed by atoms with van der Waals surface area (Å²) in [6.45, 7) is 5.58. The van der Waals surface area contributed by atoms with Gasteiger partial charge in [-0.15, -0.1) is 0 Å². The maximum absolute atomic E-state index is 4.97. The number of nitrogens with zero attached hydrogens (tertiary/aromatic N) is 2. The van der Waals surface area contributed by atoms with Gasteiger partial charge in [0.2, 0.25) is 0 Å². The summed E-state index contributed by atoms with van der Waals surface area (Å²) in [5.41, 5.74) is 1.04. The van der Waals surface area contributed by atoms with Crippen molar-refractivity contribution in [2.45, 2.75) is 6.92 Å². The monoisotopic (exact) mass is 181 g/mol.